The molecule has 0 aromatic carbocycles. The number of ether oxygens (including phenoxy) is 1. The van der Waals surface area contributed by atoms with Crippen LogP contribution in [0.25, 0.3) is 0 Å². The lowest BCUT2D eigenvalue weighted by Gasteiger charge is -2.20. The Morgan fingerprint density at radius 2 is 0.639 bits per heavy atom. The number of amides is 1. The highest BCUT2D eigenvalue weighted by atomic mass is 16.5. The highest BCUT2D eigenvalue weighted by molar-refractivity contribution is 5.76. The molecule has 0 rings (SSSR count). The topological polar surface area (TPSA) is 95.9 Å². The summed E-state index contributed by atoms with van der Waals surface area (Å²) in [5.41, 5.74) is 0. The Morgan fingerprint density at radius 3 is 0.944 bits per heavy atom. The Labute approximate surface area is 450 Å². The van der Waals surface area contributed by atoms with Crippen molar-refractivity contribution in [2.24, 2.45) is 0 Å². The molecular formula is C66H129NO5. The van der Waals surface area contributed by atoms with Crippen LogP contribution in [0.2, 0.25) is 0 Å². The maximum absolute atomic E-state index is 12.5. The molecule has 2 unspecified atom stereocenters. The quantitative estimate of drug-likeness (QED) is 0.0320. The first-order chi connectivity index (χ1) is 35.5. The third-order valence-electron chi connectivity index (χ3n) is 15.6. The number of nitrogens with one attached hydrogen (secondary N) is 1. The van der Waals surface area contributed by atoms with Gasteiger partial charge in [0.2, 0.25) is 5.91 Å². The smallest absolute Gasteiger partial charge is 0.305 e. The van der Waals surface area contributed by atoms with E-state index >= 15 is 0 Å². The molecule has 0 bridgehead atoms. The summed E-state index contributed by atoms with van der Waals surface area (Å²) in [6, 6.07) is -0.632. The van der Waals surface area contributed by atoms with E-state index in [1.54, 1.807) is 6.08 Å². The van der Waals surface area contributed by atoms with Gasteiger partial charge >= 0.3 is 5.97 Å². The Balaban J connectivity index is 3.41. The van der Waals surface area contributed by atoms with E-state index in [1.165, 1.54) is 308 Å². The van der Waals surface area contributed by atoms with Gasteiger partial charge in [0.05, 0.1) is 25.4 Å². The maximum Gasteiger partial charge on any atom is 0.305 e. The van der Waals surface area contributed by atoms with Crippen molar-refractivity contribution in [3.63, 3.8) is 0 Å². The fraction of sp³-hybridized carbons (Fsp3) is 0.939. The van der Waals surface area contributed by atoms with Crippen LogP contribution in [0, 0.1) is 0 Å². The average Bonchev–Trinajstić information content (AvgIpc) is 3.38. The molecule has 2 atom stereocenters. The minimum atomic E-state index is -0.848. The first-order valence-corrected chi connectivity index (χ1v) is 33.0. The van der Waals surface area contributed by atoms with Gasteiger partial charge in [0.15, 0.2) is 0 Å². The van der Waals surface area contributed by atoms with E-state index in [2.05, 4.69) is 19.2 Å². The summed E-state index contributed by atoms with van der Waals surface area (Å²) in [7, 11) is 0. The monoisotopic (exact) mass is 1020 g/mol. The first-order valence-electron chi connectivity index (χ1n) is 33.0. The second-order valence-electron chi connectivity index (χ2n) is 22.8. The average molecular weight is 1020 g/mol. The number of aliphatic hydroxyl groups is 2. The molecule has 0 fully saturated rings. The molecule has 0 aliphatic heterocycles. The van der Waals surface area contributed by atoms with Crippen LogP contribution in [-0.4, -0.2) is 47.4 Å². The van der Waals surface area contributed by atoms with Crippen molar-refractivity contribution in [1.82, 2.24) is 5.32 Å². The molecule has 0 aromatic heterocycles. The molecule has 0 saturated carbocycles. The van der Waals surface area contributed by atoms with Gasteiger partial charge in [-0.3, -0.25) is 9.59 Å². The van der Waals surface area contributed by atoms with Gasteiger partial charge in [-0.1, -0.05) is 341 Å². The van der Waals surface area contributed by atoms with Gasteiger partial charge in [0.1, 0.15) is 0 Å². The van der Waals surface area contributed by atoms with Crippen LogP contribution >= 0.6 is 0 Å². The van der Waals surface area contributed by atoms with E-state index in [4.69, 9.17) is 4.74 Å². The molecule has 0 heterocycles. The largest absolute Gasteiger partial charge is 0.466 e. The molecule has 428 valence electrons. The number of aliphatic hydroxyl groups excluding tert-OH is 2. The summed E-state index contributed by atoms with van der Waals surface area (Å²) < 4.78 is 5.50. The van der Waals surface area contributed by atoms with Crippen LogP contribution in [0.1, 0.15) is 373 Å². The summed E-state index contributed by atoms with van der Waals surface area (Å²) in [4.78, 5) is 24.6. The minimum Gasteiger partial charge on any atom is -0.466 e. The molecule has 1 amide bonds. The van der Waals surface area contributed by atoms with Gasteiger partial charge < -0.3 is 20.3 Å². The second-order valence-corrected chi connectivity index (χ2v) is 22.8. The van der Waals surface area contributed by atoms with Crippen molar-refractivity contribution in [3.05, 3.63) is 12.2 Å². The highest BCUT2D eigenvalue weighted by Crippen LogP contribution is 2.18. The molecule has 3 N–H and O–H groups in total. The van der Waals surface area contributed by atoms with E-state index in [-0.39, 0.29) is 18.5 Å². The number of carbonyl (C=O) groups is 2. The number of hydrogen-bond acceptors (Lipinski definition) is 5. The summed E-state index contributed by atoms with van der Waals surface area (Å²) in [5, 5.41) is 23.2. The lowest BCUT2D eigenvalue weighted by atomic mass is 10.0. The van der Waals surface area contributed by atoms with Crippen molar-refractivity contribution in [2.45, 2.75) is 386 Å². The molecule has 0 saturated heterocycles. The predicted molar refractivity (Wildman–Crippen MR) is 315 cm³/mol. The molecule has 6 heteroatoms. The molecule has 0 spiro atoms. The van der Waals surface area contributed by atoms with Crippen LogP contribution in [0.3, 0.4) is 0 Å². The van der Waals surface area contributed by atoms with Crippen molar-refractivity contribution >= 4 is 11.9 Å². The fourth-order valence-electron chi connectivity index (χ4n) is 10.5. The van der Waals surface area contributed by atoms with Crippen LogP contribution in [0.5, 0.6) is 0 Å². The van der Waals surface area contributed by atoms with Crippen molar-refractivity contribution in [3.8, 4) is 0 Å². The molecule has 72 heavy (non-hydrogen) atoms. The third kappa shape index (κ3) is 57.9. The van der Waals surface area contributed by atoms with Gasteiger partial charge in [-0.05, 0) is 32.1 Å². The summed E-state index contributed by atoms with van der Waals surface area (Å²) >= 11 is 0. The normalized spacial score (nSPS) is 12.6. The van der Waals surface area contributed by atoms with E-state index in [9.17, 15) is 19.8 Å². The summed E-state index contributed by atoms with van der Waals surface area (Å²) in [6.07, 6.45) is 75.4. The Morgan fingerprint density at radius 1 is 0.375 bits per heavy atom. The molecule has 0 aliphatic carbocycles. The molecule has 0 radical (unpaired) electrons. The zero-order valence-electron chi connectivity index (χ0n) is 48.9. The van der Waals surface area contributed by atoms with E-state index in [0.29, 0.717) is 19.4 Å². The van der Waals surface area contributed by atoms with E-state index in [0.717, 1.165) is 38.5 Å². The number of carbonyl (C=O) groups excluding carboxylic acids is 2. The summed E-state index contributed by atoms with van der Waals surface area (Å²) in [6.45, 7) is 4.93. The third-order valence-corrected chi connectivity index (χ3v) is 15.6. The highest BCUT2D eigenvalue weighted by Gasteiger charge is 2.18. The Kier molecular flexibility index (Phi) is 60.9. The Hall–Kier alpha value is -1.40. The molecule has 6 nitrogen and oxygen atoms in total. The number of rotatable bonds is 62. The number of allylic oxidation sites excluding steroid dienone is 1. The van der Waals surface area contributed by atoms with Crippen LogP contribution in [-0.2, 0) is 14.3 Å². The second kappa shape index (κ2) is 62.1. The van der Waals surface area contributed by atoms with Crippen molar-refractivity contribution < 1.29 is 24.5 Å². The number of unbranched alkanes of at least 4 members (excludes halogenated alkanes) is 51. The van der Waals surface area contributed by atoms with E-state index < -0.39 is 12.1 Å². The number of hydrogen-bond donors (Lipinski definition) is 3. The Bertz CT molecular complexity index is 1080. The van der Waals surface area contributed by atoms with Crippen LogP contribution in [0.15, 0.2) is 12.2 Å². The van der Waals surface area contributed by atoms with Crippen LogP contribution in [0.4, 0.5) is 0 Å². The van der Waals surface area contributed by atoms with Crippen LogP contribution < -0.4 is 5.32 Å². The van der Waals surface area contributed by atoms with E-state index in [1.807, 2.05) is 6.08 Å². The zero-order chi connectivity index (χ0) is 52.2. The van der Waals surface area contributed by atoms with Gasteiger partial charge in [0.25, 0.3) is 0 Å². The van der Waals surface area contributed by atoms with Gasteiger partial charge in [-0.2, -0.15) is 0 Å². The van der Waals surface area contributed by atoms with Gasteiger partial charge in [-0.15, -0.1) is 0 Å². The van der Waals surface area contributed by atoms with Crippen molar-refractivity contribution in [1.29, 1.82) is 0 Å². The minimum absolute atomic E-state index is 0.0103. The lowest BCUT2D eigenvalue weighted by molar-refractivity contribution is -0.143. The van der Waals surface area contributed by atoms with Crippen molar-refractivity contribution in [2.75, 3.05) is 13.2 Å². The van der Waals surface area contributed by atoms with Gasteiger partial charge in [0, 0.05) is 12.8 Å². The summed E-state index contributed by atoms with van der Waals surface area (Å²) in [5.74, 6) is -0.0590. The maximum atomic E-state index is 12.5. The fourth-order valence-corrected chi connectivity index (χ4v) is 10.5. The first kappa shape index (κ1) is 70.6. The SMILES string of the molecule is CCCCCCCCCCCCCCCCCCC/C=C/C(O)C(CO)NC(=O)CCCCCCCCCCCCCCCCCCCOC(=O)CCCCCCCCCCCCCCCCCCCCC. The number of esters is 1. The van der Waals surface area contributed by atoms with Gasteiger partial charge in [-0.25, -0.2) is 0 Å². The molecular weight excluding hydrogens is 887 g/mol. The predicted octanol–water partition coefficient (Wildman–Crippen LogP) is 20.8. The molecule has 0 aliphatic rings. The molecule has 0 aromatic rings. The lowest BCUT2D eigenvalue weighted by Crippen LogP contribution is -2.45. The zero-order valence-corrected chi connectivity index (χ0v) is 48.9. The standard InChI is InChI=1S/C66H129NO5/c1-3-5-7-9-11-13-15-17-19-21-23-26-30-34-38-42-46-50-54-58-64(69)63(62-68)67-65(70)59-55-51-47-43-39-35-31-27-25-29-33-37-41-45-49-53-57-61-72-66(71)60-56-52-48-44-40-36-32-28-24-22-20-18-16-14-12-10-8-6-4-2/h54,58,63-64,68-69H,3-53,55-57,59-62H2,1-2H3,(H,67,70)/b58-54+.